The van der Waals surface area contributed by atoms with Crippen molar-refractivity contribution in [3.8, 4) is 11.1 Å². The Morgan fingerprint density at radius 1 is 0.605 bits per heavy atom. The van der Waals surface area contributed by atoms with Crippen molar-refractivity contribution in [1.29, 1.82) is 0 Å². The van der Waals surface area contributed by atoms with E-state index in [1.165, 1.54) is 56.6 Å². The van der Waals surface area contributed by atoms with Crippen LogP contribution >= 0.6 is 0 Å². The summed E-state index contributed by atoms with van der Waals surface area (Å²) in [4.78, 5) is 9.97. The summed E-state index contributed by atoms with van der Waals surface area (Å²) >= 11 is 0. The third-order valence-corrected chi connectivity index (χ3v) is 9.52. The van der Waals surface area contributed by atoms with Gasteiger partial charge in [0.05, 0.1) is 5.41 Å². The Bertz CT molecular complexity index is 1580. The highest BCUT2D eigenvalue weighted by atomic mass is 15.4. The zero-order valence-corrected chi connectivity index (χ0v) is 22.2. The maximum atomic E-state index is 5.01. The molecule has 8 rings (SSSR count). The molecule has 0 saturated carbocycles. The Kier molecular flexibility index (Phi) is 4.57. The SMILES string of the molecule is CC1(C)c2ccccc2C2(c3ccccc3-c3ccc(N4CCCN5CCCN=C54)cc32)c2ccccc21. The molecule has 0 amide bonds. The quantitative estimate of drug-likeness (QED) is 0.250. The van der Waals surface area contributed by atoms with Crippen LogP contribution in [-0.2, 0) is 10.8 Å². The average Bonchev–Trinajstić information content (AvgIpc) is 3.26. The predicted molar refractivity (Wildman–Crippen MR) is 156 cm³/mol. The van der Waals surface area contributed by atoms with Gasteiger partial charge in [-0.1, -0.05) is 92.7 Å². The number of nitrogens with zero attached hydrogens (tertiary/aromatic N) is 3. The second-order valence-electron chi connectivity index (χ2n) is 11.8. The molecule has 4 aliphatic rings. The fourth-order valence-corrected chi connectivity index (χ4v) is 7.89. The van der Waals surface area contributed by atoms with Crippen molar-refractivity contribution in [1.82, 2.24) is 4.90 Å². The number of rotatable bonds is 1. The zero-order chi connectivity index (χ0) is 25.5. The molecule has 0 unspecified atom stereocenters. The van der Waals surface area contributed by atoms with Gasteiger partial charge in [-0.05, 0) is 69.5 Å². The lowest BCUT2D eigenvalue weighted by Crippen LogP contribution is -2.52. The van der Waals surface area contributed by atoms with Gasteiger partial charge in [-0.25, -0.2) is 0 Å². The van der Waals surface area contributed by atoms with Crippen LogP contribution in [0.2, 0.25) is 0 Å². The predicted octanol–water partition coefficient (Wildman–Crippen LogP) is 6.96. The number of fused-ring (bicyclic) bond motifs is 10. The molecule has 2 aliphatic carbocycles. The Hall–Kier alpha value is -3.85. The summed E-state index contributed by atoms with van der Waals surface area (Å²) in [6, 6.07) is 34.7. The molecule has 188 valence electrons. The van der Waals surface area contributed by atoms with Crippen LogP contribution in [0.15, 0.2) is 96.0 Å². The van der Waals surface area contributed by atoms with Crippen LogP contribution in [0.1, 0.15) is 60.1 Å². The zero-order valence-electron chi connectivity index (χ0n) is 22.2. The van der Waals surface area contributed by atoms with Crippen LogP contribution in [0.3, 0.4) is 0 Å². The summed E-state index contributed by atoms with van der Waals surface area (Å²) in [5.74, 6) is 1.16. The van der Waals surface area contributed by atoms with Gasteiger partial charge in [0, 0.05) is 37.3 Å². The van der Waals surface area contributed by atoms with Crippen molar-refractivity contribution in [3.63, 3.8) is 0 Å². The first-order valence-corrected chi connectivity index (χ1v) is 14.1. The molecule has 1 fully saturated rings. The highest BCUT2D eigenvalue weighted by Crippen LogP contribution is 2.62. The molecule has 0 bridgehead atoms. The van der Waals surface area contributed by atoms with E-state index in [2.05, 4.69) is 115 Å². The summed E-state index contributed by atoms with van der Waals surface area (Å²) in [7, 11) is 0. The maximum Gasteiger partial charge on any atom is 0.201 e. The molecular formula is C35H33N3. The molecule has 3 heteroatoms. The van der Waals surface area contributed by atoms with Gasteiger partial charge in [-0.2, -0.15) is 0 Å². The third-order valence-electron chi connectivity index (χ3n) is 9.52. The molecule has 0 aromatic heterocycles. The number of anilines is 1. The minimum Gasteiger partial charge on any atom is -0.342 e. The molecule has 1 spiro atoms. The van der Waals surface area contributed by atoms with Crippen LogP contribution in [-0.4, -0.2) is 37.0 Å². The van der Waals surface area contributed by atoms with Gasteiger partial charge in [-0.3, -0.25) is 4.99 Å². The van der Waals surface area contributed by atoms with Gasteiger partial charge >= 0.3 is 0 Å². The highest BCUT2D eigenvalue weighted by Gasteiger charge is 2.53. The third kappa shape index (κ3) is 2.72. The topological polar surface area (TPSA) is 18.8 Å². The molecule has 0 atom stereocenters. The van der Waals surface area contributed by atoms with Gasteiger partial charge in [0.25, 0.3) is 0 Å². The van der Waals surface area contributed by atoms with E-state index in [4.69, 9.17) is 4.99 Å². The van der Waals surface area contributed by atoms with Gasteiger partial charge in [0.15, 0.2) is 0 Å². The minimum absolute atomic E-state index is 0.0715. The monoisotopic (exact) mass is 495 g/mol. The van der Waals surface area contributed by atoms with Crippen LogP contribution in [0, 0.1) is 0 Å². The molecule has 1 saturated heterocycles. The van der Waals surface area contributed by atoms with Crippen LogP contribution < -0.4 is 4.90 Å². The summed E-state index contributed by atoms with van der Waals surface area (Å²) in [5.41, 5.74) is 12.1. The van der Waals surface area contributed by atoms with Crippen molar-refractivity contribution in [2.75, 3.05) is 31.1 Å². The van der Waals surface area contributed by atoms with E-state index < -0.39 is 0 Å². The summed E-state index contributed by atoms with van der Waals surface area (Å²) < 4.78 is 0. The smallest absolute Gasteiger partial charge is 0.201 e. The van der Waals surface area contributed by atoms with Gasteiger partial charge in [0.2, 0.25) is 5.96 Å². The van der Waals surface area contributed by atoms with E-state index in [0.29, 0.717) is 0 Å². The average molecular weight is 496 g/mol. The molecule has 4 aromatic carbocycles. The van der Waals surface area contributed by atoms with Crippen molar-refractivity contribution >= 4 is 11.6 Å². The molecule has 0 radical (unpaired) electrons. The normalized spacial score (nSPS) is 19.7. The summed E-state index contributed by atoms with van der Waals surface area (Å²) in [6.07, 6.45) is 2.32. The minimum atomic E-state index is -0.339. The number of hydrogen-bond donors (Lipinski definition) is 0. The number of aliphatic imine (C=N–C) groups is 1. The first kappa shape index (κ1) is 22.2. The first-order chi connectivity index (χ1) is 18.6. The van der Waals surface area contributed by atoms with Crippen LogP contribution in [0.4, 0.5) is 5.69 Å². The van der Waals surface area contributed by atoms with E-state index in [9.17, 15) is 0 Å². The van der Waals surface area contributed by atoms with Gasteiger partial charge in [0.1, 0.15) is 0 Å². The second-order valence-corrected chi connectivity index (χ2v) is 11.8. The molecule has 2 heterocycles. The summed E-state index contributed by atoms with van der Waals surface area (Å²) in [5, 5.41) is 0. The first-order valence-electron chi connectivity index (χ1n) is 14.1. The standard InChI is InChI=1S/C35H33N3/c1-34(2)28-13-5-7-15-30(28)35(31-16-8-6-14-29(31)34)27-12-4-3-11-25(27)26-18-17-24(23-32(26)35)38-22-10-21-37-20-9-19-36-33(37)38/h3-8,11-18,23H,9-10,19-22H2,1-2H3. The van der Waals surface area contributed by atoms with Crippen LogP contribution in [0.5, 0.6) is 0 Å². The van der Waals surface area contributed by atoms with E-state index in [1.807, 2.05) is 0 Å². The van der Waals surface area contributed by atoms with E-state index in [0.717, 1.165) is 38.6 Å². The lowest BCUT2D eigenvalue weighted by Gasteiger charge is -2.47. The Labute approximate surface area is 225 Å². The Morgan fingerprint density at radius 3 is 1.95 bits per heavy atom. The lowest BCUT2D eigenvalue weighted by atomic mass is 9.55. The molecule has 2 aliphatic heterocycles. The molecule has 4 aromatic rings. The van der Waals surface area contributed by atoms with Crippen molar-refractivity contribution < 1.29 is 0 Å². The number of hydrogen-bond acceptors (Lipinski definition) is 3. The lowest BCUT2D eigenvalue weighted by molar-refractivity contribution is 0.360. The Morgan fingerprint density at radius 2 is 1.21 bits per heavy atom. The molecule has 3 nitrogen and oxygen atoms in total. The number of guanidine groups is 1. The van der Waals surface area contributed by atoms with E-state index in [-0.39, 0.29) is 10.8 Å². The fourth-order valence-electron chi connectivity index (χ4n) is 7.89. The summed E-state index contributed by atoms with van der Waals surface area (Å²) in [6.45, 7) is 8.96. The molecular weight excluding hydrogens is 462 g/mol. The number of benzene rings is 4. The van der Waals surface area contributed by atoms with E-state index in [1.54, 1.807) is 0 Å². The Balaban J connectivity index is 1.45. The fraction of sp³-hybridized carbons (Fsp3) is 0.286. The maximum absolute atomic E-state index is 5.01. The van der Waals surface area contributed by atoms with Crippen LogP contribution in [0.25, 0.3) is 11.1 Å². The van der Waals surface area contributed by atoms with Crippen molar-refractivity contribution in [2.45, 2.75) is 37.5 Å². The van der Waals surface area contributed by atoms with Gasteiger partial charge < -0.3 is 9.80 Å². The molecule has 0 N–H and O–H groups in total. The largest absolute Gasteiger partial charge is 0.342 e. The van der Waals surface area contributed by atoms with E-state index >= 15 is 0 Å². The van der Waals surface area contributed by atoms with Gasteiger partial charge in [-0.15, -0.1) is 0 Å². The highest BCUT2D eigenvalue weighted by molar-refractivity contribution is 5.98. The van der Waals surface area contributed by atoms with Crippen molar-refractivity contribution in [3.05, 3.63) is 124 Å². The second kappa shape index (κ2) is 7.83. The van der Waals surface area contributed by atoms with Crippen molar-refractivity contribution in [2.24, 2.45) is 4.99 Å². The molecule has 38 heavy (non-hydrogen) atoms.